The van der Waals surface area contributed by atoms with Crippen LogP contribution in [0.25, 0.3) is 0 Å². The normalized spacial score (nSPS) is 5.27. The van der Waals surface area contributed by atoms with E-state index in [0.29, 0.717) is 0 Å². The molecule has 59 valence electrons. The number of hydrogen-bond donors (Lipinski definition) is 0. The fourth-order valence-electron chi connectivity index (χ4n) is 0.342. The first-order valence-corrected chi connectivity index (χ1v) is 3.15. The van der Waals surface area contributed by atoms with E-state index in [-0.39, 0.29) is 32.7 Å². The minimum Gasteiger partial charge on any atom is -0.545 e. The van der Waals surface area contributed by atoms with Gasteiger partial charge in [-0.15, -0.1) is 0 Å². The molecule has 0 bridgehead atoms. The van der Waals surface area contributed by atoms with E-state index >= 15 is 0 Å². The largest absolute Gasteiger partial charge is 0.545 e. The molecule has 0 atom stereocenters. The molecule has 2 heteroatoms. The van der Waals surface area contributed by atoms with Gasteiger partial charge in [-0.3, -0.25) is 6.79 Å². The van der Waals surface area contributed by atoms with Gasteiger partial charge < -0.3 is 4.79 Å². The van der Waals surface area contributed by atoms with Crippen LogP contribution in [0.5, 0.6) is 0 Å². The van der Waals surface area contributed by atoms with Crippen molar-refractivity contribution in [3.63, 3.8) is 0 Å². The molecule has 1 rings (SSSR count). The first-order valence-electron chi connectivity index (χ1n) is 3.15. The third-order valence-electron chi connectivity index (χ3n) is 0.607. The zero-order chi connectivity index (χ0) is 8.24. The van der Waals surface area contributed by atoms with Crippen LogP contribution in [0.3, 0.4) is 0 Å². The molecule has 11 heavy (non-hydrogen) atoms. The van der Waals surface area contributed by atoms with Gasteiger partial charge in [-0.2, -0.15) is 36.4 Å². The Balaban J connectivity index is -0.000000114. The van der Waals surface area contributed by atoms with Gasteiger partial charge in [-0.05, 0) is 0 Å². The standard InChI is InChI=1S/C6H5.C2H6.CHO.Y/c1-2-4-6-5-3-1;2*1-2;/h1-5H;1-2H3;1H;/q-1;;-1;. The maximum atomic E-state index is 7.75. The molecule has 0 aliphatic carbocycles. The second-order valence-electron chi connectivity index (χ2n) is 1.08. The summed E-state index contributed by atoms with van der Waals surface area (Å²) >= 11 is 0. The molecule has 0 unspecified atom stereocenters. The third kappa shape index (κ3) is 17.8. The summed E-state index contributed by atoms with van der Waals surface area (Å²) in [6, 6.07) is 12.5. The topological polar surface area (TPSA) is 17.1 Å². The summed E-state index contributed by atoms with van der Waals surface area (Å²) < 4.78 is 0. The van der Waals surface area contributed by atoms with Gasteiger partial charge in [0.2, 0.25) is 0 Å². The van der Waals surface area contributed by atoms with E-state index in [0.717, 1.165) is 0 Å². The molecule has 0 amide bonds. The van der Waals surface area contributed by atoms with Crippen LogP contribution in [0.4, 0.5) is 0 Å². The summed E-state index contributed by atoms with van der Waals surface area (Å²) in [5.74, 6) is 0. The summed E-state index contributed by atoms with van der Waals surface area (Å²) in [6.45, 7) is 7.25. The van der Waals surface area contributed by atoms with Crippen molar-refractivity contribution < 1.29 is 37.5 Å². The molecule has 0 aromatic heterocycles. The summed E-state index contributed by atoms with van der Waals surface area (Å²) in [5.41, 5.74) is 0. The maximum Gasteiger partial charge on any atom is 0 e. The fraction of sp³-hybridized carbons (Fsp3) is 0.222. The predicted octanol–water partition coefficient (Wildman–Crippen LogP) is 2.24. The smallest absolute Gasteiger partial charge is 0 e. The first kappa shape index (κ1) is 17.2. The fourth-order valence-corrected chi connectivity index (χ4v) is 0.342. The number of hydrogen-bond acceptors (Lipinski definition) is 1. The Morgan fingerprint density at radius 1 is 1.00 bits per heavy atom. The predicted molar refractivity (Wildman–Crippen MR) is 43.4 cm³/mol. The average Bonchev–Trinajstić information content (AvgIpc) is 2.14. The van der Waals surface area contributed by atoms with Crippen LogP contribution in [-0.2, 0) is 37.5 Å². The molecule has 1 aromatic rings. The van der Waals surface area contributed by atoms with Crippen molar-refractivity contribution in [2.24, 2.45) is 0 Å². The Hall–Kier alpha value is -0.00610. The van der Waals surface area contributed by atoms with Gasteiger partial charge in [-0.1, -0.05) is 13.8 Å². The van der Waals surface area contributed by atoms with Crippen LogP contribution in [0.2, 0.25) is 0 Å². The van der Waals surface area contributed by atoms with E-state index < -0.39 is 0 Å². The molecule has 0 saturated carbocycles. The van der Waals surface area contributed by atoms with E-state index in [2.05, 4.69) is 12.9 Å². The molecule has 0 fully saturated rings. The van der Waals surface area contributed by atoms with E-state index in [1.807, 2.05) is 44.2 Å². The minimum atomic E-state index is 0. The quantitative estimate of drug-likeness (QED) is 0.488. The van der Waals surface area contributed by atoms with Gasteiger partial charge in [-0.25, -0.2) is 0 Å². The third-order valence-corrected chi connectivity index (χ3v) is 0.607. The van der Waals surface area contributed by atoms with Crippen molar-refractivity contribution in [1.82, 2.24) is 0 Å². The summed E-state index contributed by atoms with van der Waals surface area (Å²) in [5, 5.41) is 0. The van der Waals surface area contributed by atoms with Gasteiger partial charge in [0.15, 0.2) is 0 Å². The maximum absolute atomic E-state index is 7.75. The Morgan fingerprint density at radius 3 is 1.45 bits per heavy atom. The summed E-state index contributed by atoms with van der Waals surface area (Å²) in [6.07, 6.45) is 0. The van der Waals surface area contributed by atoms with E-state index in [9.17, 15) is 0 Å². The molecule has 0 aliphatic heterocycles. The Morgan fingerprint density at radius 2 is 1.36 bits per heavy atom. The molecule has 1 radical (unpaired) electrons. The van der Waals surface area contributed by atoms with Gasteiger partial charge in [0.25, 0.3) is 0 Å². The van der Waals surface area contributed by atoms with Gasteiger partial charge >= 0.3 is 0 Å². The number of carbonyl (C=O) groups excluding carboxylic acids is 1. The van der Waals surface area contributed by atoms with Crippen LogP contribution in [0, 0.1) is 6.07 Å². The molecule has 0 heterocycles. The van der Waals surface area contributed by atoms with Crippen molar-refractivity contribution in [1.29, 1.82) is 0 Å². The Labute approximate surface area is 94.1 Å². The van der Waals surface area contributed by atoms with Gasteiger partial charge in [0.05, 0.1) is 0 Å². The Kier molecular flexibility index (Phi) is 35.1. The zero-order valence-corrected chi connectivity index (χ0v) is 9.79. The van der Waals surface area contributed by atoms with Crippen molar-refractivity contribution in [3.8, 4) is 0 Å². The van der Waals surface area contributed by atoms with Crippen molar-refractivity contribution >= 4 is 6.79 Å². The second-order valence-corrected chi connectivity index (χ2v) is 1.08. The molecule has 1 nitrogen and oxygen atoms in total. The van der Waals surface area contributed by atoms with Crippen molar-refractivity contribution in [2.45, 2.75) is 13.8 Å². The zero-order valence-electron chi connectivity index (χ0n) is 6.95. The average molecular weight is 225 g/mol. The summed E-state index contributed by atoms with van der Waals surface area (Å²) in [4.78, 5) is 7.75. The molecule has 0 N–H and O–H groups in total. The van der Waals surface area contributed by atoms with Crippen LogP contribution in [0.1, 0.15) is 13.8 Å². The number of rotatable bonds is 0. The van der Waals surface area contributed by atoms with Crippen LogP contribution >= 0.6 is 0 Å². The molecule has 0 spiro atoms. The second kappa shape index (κ2) is 22.5. The van der Waals surface area contributed by atoms with E-state index in [4.69, 9.17) is 4.79 Å². The van der Waals surface area contributed by atoms with Gasteiger partial charge in [0.1, 0.15) is 0 Å². The SMILES string of the molecule is CC.[CH-]=O.[Y].[c-]1ccccc1. The first-order chi connectivity index (χ1) is 5.00. The van der Waals surface area contributed by atoms with Crippen LogP contribution in [0.15, 0.2) is 30.3 Å². The van der Waals surface area contributed by atoms with Crippen molar-refractivity contribution in [2.75, 3.05) is 0 Å². The molecular weight excluding hydrogens is 213 g/mol. The molecular formula is C9H12OY-2. The van der Waals surface area contributed by atoms with Crippen LogP contribution in [-0.4, -0.2) is 6.79 Å². The van der Waals surface area contributed by atoms with Gasteiger partial charge in [0, 0.05) is 32.7 Å². The summed E-state index contributed by atoms with van der Waals surface area (Å²) in [7, 11) is 0. The Bertz CT molecular complexity index is 92.4. The molecule has 0 aliphatic rings. The number of benzene rings is 1. The van der Waals surface area contributed by atoms with Crippen LogP contribution < -0.4 is 0 Å². The van der Waals surface area contributed by atoms with E-state index in [1.165, 1.54) is 0 Å². The van der Waals surface area contributed by atoms with Crippen molar-refractivity contribution in [3.05, 3.63) is 36.4 Å². The molecule has 0 saturated heterocycles. The molecule has 1 aromatic carbocycles. The monoisotopic (exact) mass is 225 g/mol. The van der Waals surface area contributed by atoms with E-state index in [1.54, 1.807) is 0 Å². The minimum absolute atomic E-state index is 0.